The number of sulfonamides is 1. The summed E-state index contributed by atoms with van der Waals surface area (Å²) in [4.78, 5) is 14.6. The Kier molecular flexibility index (Phi) is 4.68. The minimum absolute atomic E-state index is 0.150. The van der Waals surface area contributed by atoms with Gasteiger partial charge in [0.15, 0.2) is 0 Å². The summed E-state index contributed by atoms with van der Waals surface area (Å²) in [7, 11) is -3.74. The number of carbonyl (C=O) groups excluding carboxylic acids is 1. The molecule has 0 aromatic heterocycles. The number of rotatable bonds is 4. The highest BCUT2D eigenvalue weighted by atomic mass is 32.2. The maximum atomic E-state index is 13.3. The number of benzene rings is 2. The maximum Gasteiger partial charge on any atom is 0.241 e. The summed E-state index contributed by atoms with van der Waals surface area (Å²) in [6, 6.07) is 10.6. The molecule has 1 saturated carbocycles. The fourth-order valence-electron chi connectivity index (χ4n) is 4.64. The van der Waals surface area contributed by atoms with Gasteiger partial charge in [0.1, 0.15) is 11.4 Å². The molecule has 0 bridgehead atoms. The first-order valence-corrected chi connectivity index (χ1v) is 12.4. The molecule has 7 heteroatoms. The summed E-state index contributed by atoms with van der Waals surface area (Å²) in [6.45, 7) is 6.57. The third-order valence-electron chi connectivity index (χ3n) is 6.37. The number of ether oxygens (including phenoxy) is 1. The first kappa shape index (κ1) is 20.5. The highest BCUT2D eigenvalue weighted by Gasteiger charge is 2.38. The number of nitrogens with zero attached hydrogens (tertiary/aromatic N) is 1. The molecule has 1 atom stereocenters. The van der Waals surface area contributed by atoms with Crippen molar-refractivity contribution in [3.63, 3.8) is 0 Å². The number of fused-ring (bicyclic) bond motifs is 2. The highest BCUT2D eigenvalue weighted by Crippen LogP contribution is 2.41. The van der Waals surface area contributed by atoms with Crippen molar-refractivity contribution < 1.29 is 17.9 Å². The zero-order valence-corrected chi connectivity index (χ0v) is 19.0. The summed E-state index contributed by atoms with van der Waals surface area (Å²) in [5.74, 6) is 1.05. The van der Waals surface area contributed by atoms with E-state index in [4.69, 9.17) is 4.74 Å². The second-order valence-electron chi connectivity index (χ2n) is 9.59. The van der Waals surface area contributed by atoms with Crippen molar-refractivity contribution in [1.29, 1.82) is 0 Å². The highest BCUT2D eigenvalue weighted by molar-refractivity contribution is 7.89. The number of hydrogen-bond acceptors (Lipinski definition) is 4. The van der Waals surface area contributed by atoms with Crippen LogP contribution in [0, 0.1) is 12.8 Å². The molecule has 2 aliphatic heterocycles. The zero-order chi connectivity index (χ0) is 22.0. The molecule has 31 heavy (non-hydrogen) atoms. The minimum atomic E-state index is -3.74. The quantitative estimate of drug-likeness (QED) is 0.783. The van der Waals surface area contributed by atoms with Gasteiger partial charge in [-0.3, -0.25) is 4.79 Å². The summed E-state index contributed by atoms with van der Waals surface area (Å²) in [5.41, 5.74) is 3.22. The SMILES string of the molecule is Cc1ccc2c(c1)OC(C)(C)CC2NS(=O)(=O)c1ccc2c(c1)CCN2C(=O)C1CC1. The Morgan fingerprint density at radius 3 is 2.68 bits per heavy atom. The van der Waals surface area contributed by atoms with Crippen molar-refractivity contribution in [2.24, 2.45) is 5.92 Å². The van der Waals surface area contributed by atoms with Crippen LogP contribution in [0.25, 0.3) is 0 Å². The molecule has 2 aromatic rings. The van der Waals surface area contributed by atoms with E-state index in [1.165, 1.54) is 0 Å². The van der Waals surface area contributed by atoms with Crippen LogP contribution in [0.5, 0.6) is 5.75 Å². The number of nitrogens with one attached hydrogen (secondary N) is 1. The van der Waals surface area contributed by atoms with Crippen molar-refractivity contribution >= 4 is 21.6 Å². The van der Waals surface area contributed by atoms with Gasteiger partial charge < -0.3 is 9.64 Å². The molecule has 1 aliphatic carbocycles. The molecule has 0 spiro atoms. The van der Waals surface area contributed by atoms with Crippen LogP contribution in [-0.2, 0) is 21.2 Å². The van der Waals surface area contributed by atoms with Gasteiger partial charge >= 0.3 is 0 Å². The molecule has 164 valence electrons. The fourth-order valence-corrected chi connectivity index (χ4v) is 5.91. The molecular weight excluding hydrogens is 412 g/mol. The van der Waals surface area contributed by atoms with Gasteiger partial charge in [0.2, 0.25) is 15.9 Å². The molecule has 1 fully saturated rings. The van der Waals surface area contributed by atoms with Crippen molar-refractivity contribution in [2.75, 3.05) is 11.4 Å². The van der Waals surface area contributed by atoms with E-state index in [9.17, 15) is 13.2 Å². The summed E-state index contributed by atoms with van der Waals surface area (Å²) in [6.07, 6.45) is 3.15. The van der Waals surface area contributed by atoms with E-state index in [1.807, 2.05) is 43.9 Å². The summed E-state index contributed by atoms with van der Waals surface area (Å²) >= 11 is 0. The number of aryl methyl sites for hydroxylation is 1. The summed E-state index contributed by atoms with van der Waals surface area (Å²) in [5, 5.41) is 0. The van der Waals surface area contributed by atoms with E-state index < -0.39 is 15.6 Å². The van der Waals surface area contributed by atoms with Gasteiger partial charge in [0.05, 0.1) is 10.9 Å². The van der Waals surface area contributed by atoms with Crippen LogP contribution in [0.2, 0.25) is 0 Å². The largest absolute Gasteiger partial charge is 0.487 e. The van der Waals surface area contributed by atoms with Crippen LogP contribution in [0.15, 0.2) is 41.3 Å². The second kappa shape index (κ2) is 7.07. The topological polar surface area (TPSA) is 75.7 Å². The smallest absolute Gasteiger partial charge is 0.241 e. The minimum Gasteiger partial charge on any atom is -0.487 e. The molecule has 1 amide bonds. The first-order valence-electron chi connectivity index (χ1n) is 10.9. The van der Waals surface area contributed by atoms with Gasteiger partial charge in [-0.2, -0.15) is 0 Å². The molecular formula is C24H28N2O4S. The average molecular weight is 441 g/mol. The van der Waals surface area contributed by atoms with Crippen molar-refractivity contribution in [3.8, 4) is 5.75 Å². The van der Waals surface area contributed by atoms with E-state index in [2.05, 4.69) is 4.72 Å². The van der Waals surface area contributed by atoms with Gasteiger partial charge in [-0.1, -0.05) is 12.1 Å². The lowest BCUT2D eigenvalue weighted by Crippen LogP contribution is -2.41. The Bertz CT molecular complexity index is 1170. The lowest BCUT2D eigenvalue weighted by molar-refractivity contribution is -0.119. The molecule has 1 unspecified atom stereocenters. The average Bonchev–Trinajstić information content (AvgIpc) is 3.44. The van der Waals surface area contributed by atoms with Gasteiger partial charge in [-0.15, -0.1) is 0 Å². The number of anilines is 1. The number of carbonyl (C=O) groups is 1. The predicted molar refractivity (Wildman–Crippen MR) is 119 cm³/mol. The summed E-state index contributed by atoms with van der Waals surface area (Å²) < 4.78 is 35.6. The van der Waals surface area contributed by atoms with Crippen molar-refractivity contribution in [2.45, 2.75) is 63.0 Å². The third-order valence-corrected chi connectivity index (χ3v) is 7.84. The van der Waals surface area contributed by atoms with Gasteiger partial charge in [0, 0.05) is 30.1 Å². The van der Waals surface area contributed by atoms with Gasteiger partial charge in [-0.25, -0.2) is 13.1 Å². The van der Waals surface area contributed by atoms with Crippen LogP contribution < -0.4 is 14.4 Å². The van der Waals surface area contributed by atoms with E-state index in [-0.39, 0.29) is 22.8 Å². The van der Waals surface area contributed by atoms with Gasteiger partial charge in [-0.05, 0) is 75.4 Å². The fraction of sp³-hybridized carbons (Fsp3) is 0.458. The normalized spacial score (nSPS) is 21.9. The Morgan fingerprint density at radius 2 is 1.94 bits per heavy atom. The zero-order valence-electron chi connectivity index (χ0n) is 18.1. The molecule has 6 nitrogen and oxygen atoms in total. The van der Waals surface area contributed by atoms with E-state index in [0.717, 1.165) is 41.0 Å². The third kappa shape index (κ3) is 3.85. The Hall–Kier alpha value is -2.38. The van der Waals surface area contributed by atoms with Crippen LogP contribution in [0.1, 0.15) is 55.8 Å². The maximum absolute atomic E-state index is 13.3. The number of amides is 1. The lowest BCUT2D eigenvalue weighted by Gasteiger charge is -2.38. The second-order valence-corrected chi connectivity index (χ2v) is 11.3. The van der Waals surface area contributed by atoms with E-state index in [1.54, 1.807) is 18.2 Å². The van der Waals surface area contributed by atoms with Crippen LogP contribution in [0.4, 0.5) is 5.69 Å². The van der Waals surface area contributed by atoms with E-state index >= 15 is 0 Å². The van der Waals surface area contributed by atoms with Gasteiger partial charge in [0.25, 0.3) is 0 Å². The molecule has 0 saturated heterocycles. The lowest BCUT2D eigenvalue weighted by atomic mass is 9.90. The molecule has 2 heterocycles. The standard InChI is InChI=1S/C24H28N2O4S/c1-15-4-8-19-20(14-24(2,3)30-22(19)12-15)25-31(28,29)18-7-9-21-17(13-18)10-11-26(21)23(27)16-5-6-16/h4,7-9,12-13,16,20,25H,5-6,10-11,14H2,1-3H3. The first-order chi connectivity index (χ1) is 14.6. The molecule has 1 N–H and O–H groups in total. The molecule has 0 radical (unpaired) electrons. The monoisotopic (exact) mass is 440 g/mol. The van der Waals surface area contributed by atoms with Crippen LogP contribution in [0.3, 0.4) is 0 Å². The van der Waals surface area contributed by atoms with Crippen LogP contribution in [-0.4, -0.2) is 26.5 Å². The molecule has 5 rings (SSSR count). The Morgan fingerprint density at radius 1 is 1.16 bits per heavy atom. The number of hydrogen-bond donors (Lipinski definition) is 1. The Balaban J connectivity index is 1.42. The Labute approximate surface area is 183 Å². The van der Waals surface area contributed by atoms with Crippen LogP contribution >= 0.6 is 0 Å². The molecule has 3 aliphatic rings. The van der Waals surface area contributed by atoms with Crippen molar-refractivity contribution in [1.82, 2.24) is 4.72 Å². The van der Waals surface area contributed by atoms with E-state index in [0.29, 0.717) is 19.4 Å². The predicted octanol–water partition coefficient (Wildman–Crippen LogP) is 3.87. The van der Waals surface area contributed by atoms with Crippen molar-refractivity contribution in [3.05, 3.63) is 53.1 Å². The molecule has 2 aromatic carbocycles.